The molecule has 9 heteroatoms. The zero-order chi connectivity index (χ0) is 24.1. The Kier molecular flexibility index (Phi) is 5.44. The quantitative estimate of drug-likeness (QED) is 0.427. The van der Waals surface area contributed by atoms with Gasteiger partial charge in [0.05, 0.1) is 25.5 Å². The summed E-state index contributed by atoms with van der Waals surface area (Å²) in [6, 6.07) is 7.10. The lowest BCUT2D eigenvalue weighted by molar-refractivity contribution is 0.0856. The summed E-state index contributed by atoms with van der Waals surface area (Å²) in [6.07, 6.45) is 4.97. The second-order valence-electron chi connectivity index (χ2n) is 9.48. The number of imidazole rings is 1. The van der Waals surface area contributed by atoms with E-state index in [1.54, 1.807) is 12.3 Å². The van der Waals surface area contributed by atoms with Gasteiger partial charge in [0.2, 0.25) is 0 Å². The number of hydrogen-bond acceptors (Lipinski definition) is 6. The Labute approximate surface area is 201 Å². The number of rotatable bonds is 5. The number of methoxy groups -OCH3 is 1. The van der Waals surface area contributed by atoms with Gasteiger partial charge in [0, 0.05) is 24.2 Å². The van der Waals surface area contributed by atoms with Crippen LogP contribution in [0.25, 0.3) is 22.6 Å². The van der Waals surface area contributed by atoms with Crippen LogP contribution in [0.15, 0.2) is 36.7 Å². The fourth-order valence-electron chi connectivity index (χ4n) is 5.58. The van der Waals surface area contributed by atoms with Crippen LogP contribution in [-0.4, -0.2) is 56.1 Å². The zero-order valence-electron chi connectivity index (χ0n) is 19.7. The summed E-state index contributed by atoms with van der Waals surface area (Å²) in [5, 5.41) is 0. The standard InChI is InChI=1S/C26H26F2N6O/c1-15-23-25(32-26(30-15)35-2)34(24(31-23)18-10-19(27)12-29-11-18)13-16-3-4-20(22(28)9-16)21-14-33-7-5-17(21)6-8-33/h3-4,9-12,17,21H,5-8,13-14H2,1-2H3. The Morgan fingerprint density at radius 2 is 1.89 bits per heavy atom. The SMILES string of the molecule is COc1nc(C)c2nc(-c3cncc(F)c3)n(Cc3ccc(C4CN5CCC4CC5)c(F)c3)c2n1. The van der Waals surface area contributed by atoms with Crippen LogP contribution in [0.5, 0.6) is 6.01 Å². The van der Waals surface area contributed by atoms with E-state index in [1.807, 2.05) is 23.6 Å². The molecule has 1 atom stereocenters. The van der Waals surface area contributed by atoms with Crippen LogP contribution in [0.2, 0.25) is 0 Å². The maximum atomic E-state index is 15.4. The number of ether oxygens (including phenoxy) is 1. The molecule has 0 radical (unpaired) electrons. The van der Waals surface area contributed by atoms with Crippen molar-refractivity contribution < 1.29 is 13.5 Å². The highest BCUT2D eigenvalue weighted by molar-refractivity contribution is 5.79. The van der Waals surface area contributed by atoms with Gasteiger partial charge in [0.25, 0.3) is 0 Å². The molecule has 3 saturated heterocycles. The molecule has 0 amide bonds. The van der Waals surface area contributed by atoms with E-state index in [4.69, 9.17) is 9.72 Å². The van der Waals surface area contributed by atoms with E-state index < -0.39 is 5.82 Å². The Morgan fingerprint density at radius 3 is 2.57 bits per heavy atom. The maximum Gasteiger partial charge on any atom is 0.318 e. The van der Waals surface area contributed by atoms with Crippen molar-refractivity contribution in [2.24, 2.45) is 5.92 Å². The normalized spacial score (nSPS) is 21.5. The van der Waals surface area contributed by atoms with Crippen molar-refractivity contribution in [1.82, 2.24) is 29.4 Å². The average Bonchev–Trinajstić information content (AvgIpc) is 3.23. The molecule has 7 nitrogen and oxygen atoms in total. The van der Waals surface area contributed by atoms with E-state index in [-0.39, 0.29) is 17.7 Å². The number of halogens is 2. The summed E-state index contributed by atoms with van der Waals surface area (Å²) in [4.78, 5) is 20.0. The van der Waals surface area contributed by atoms with Gasteiger partial charge in [0.1, 0.15) is 23.0 Å². The van der Waals surface area contributed by atoms with Crippen LogP contribution in [0.1, 0.15) is 35.6 Å². The first kappa shape index (κ1) is 22.0. The fourth-order valence-corrected chi connectivity index (χ4v) is 5.58. The van der Waals surface area contributed by atoms with Gasteiger partial charge in [0.15, 0.2) is 5.65 Å². The van der Waals surface area contributed by atoms with Gasteiger partial charge in [-0.25, -0.2) is 13.8 Å². The molecule has 2 bridgehead atoms. The molecule has 1 aromatic carbocycles. The van der Waals surface area contributed by atoms with Crippen LogP contribution in [0.4, 0.5) is 8.78 Å². The van der Waals surface area contributed by atoms with Crippen molar-refractivity contribution in [3.8, 4) is 17.4 Å². The largest absolute Gasteiger partial charge is 0.467 e. The highest BCUT2D eigenvalue weighted by Gasteiger charge is 2.36. The fraction of sp³-hybridized carbons (Fsp3) is 0.385. The van der Waals surface area contributed by atoms with E-state index in [9.17, 15) is 4.39 Å². The summed E-state index contributed by atoms with van der Waals surface area (Å²) < 4.78 is 36.5. The van der Waals surface area contributed by atoms with E-state index in [2.05, 4.69) is 19.9 Å². The van der Waals surface area contributed by atoms with Gasteiger partial charge in [-0.1, -0.05) is 12.1 Å². The zero-order valence-corrected chi connectivity index (χ0v) is 19.7. The molecule has 3 aromatic heterocycles. The smallest absolute Gasteiger partial charge is 0.318 e. The third-order valence-electron chi connectivity index (χ3n) is 7.36. The van der Waals surface area contributed by atoms with Crippen LogP contribution >= 0.6 is 0 Å². The first-order chi connectivity index (χ1) is 17.0. The van der Waals surface area contributed by atoms with Gasteiger partial charge in [-0.2, -0.15) is 9.97 Å². The maximum absolute atomic E-state index is 15.4. The molecule has 0 aliphatic carbocycles. The number of piperidine rings is 3. The summed E-state index contributed by atoms with van der Waals surface area (Å²) in [5.74, 6) is 0.642. The van der Waals surface area contributed by atoms with Crippen LogP contribution in [0.3, 0.4) is 0 Å². The second kappa shape index (κ2) is 8.64. The van der Waals surface area contributed by atoms with Crippen LogP contribution < -0.4 is 4.74 Å². The number of benzene rings is 1. The third-order valence-corrected chi connectivity index (χ3v) is 7.36. The molecule has 180 valence electrons. The molecule has 1 unspecified atom stereocenters. The lowest BCUT2D eigenvalue weighted by atomic mass is 9.75. The minimum atomic E-state index is -0.464. The minimum absolute atomic E-state index is 0.178. The van der Waals surface area contributed by atoms with Crippen LogP contribution in [0, 0.1) is 24.5 Å². The molecule has 0 N–H and O–H groups in total. The lowest BCUT2D eigenvalue weighted by Crippen LogP contribution is -2.46. The Balaban J connectivity index is 1.42. The number of fused-ring (bicyclic) bond motifs is 4. The number of pyridine rings is 1. The predicted octanol–water partition coefficient (Wildman–Crippen LogP) is 4.34. The first-order valence-corrected chi connectivity index (χ1v) is 11.9. The highest BCUT2D eigenvalue weighted by Crippen LogP contribution is 2.40. The van der Waals surface area contributed by atoms with E-state index in [0.29, 0.717) is 40.7 Å². The predicted molar refractivity (Wildman–Crippen MR) is 127 cm³/mol. The van der Waals surface area contributed by atoms with Gasteiger partial charge in [-0.3, -0.25) is 4.98 Å². The molecule has 4 aromatic rings. The monoisotopic (exact) mass is 476 g/mol. The number of aryl methyl sites for hydroxylation is 1. The van der Waals surface area contributed by atoms with Crippen molar-refractivity contribution in [2.45, 2.75) is 32.2 Å². The Hall–Kier alpha value is -3.46. The van der Waals surface area contributed by atoms with Gasteiger partial charge < -0.3 is 14.2 Å². The van der Waals surface area contributed by atoms with Crippen molar-refractivity contribution in [3.63, 3.8) is 0 Å². The van der Waals surface area contributed by atoms with Gasteiger partial charge >= 0.3 is 6.01 Å². The lowest BCUT2D eigenvalue weighted by Gasteiger charge is -2.45. The molecule has 0 spiro atoms. The van der Waals surface area contributed by atoms with Crippen molar-refractivity contribution in [1.29, 1.82) is 0 Å². The Bertz CT molecular complexity index is 1410. The molecule has 3 fully saturated rings. The van der Waals surface area contributed by atoms with E-state index >= 15 is 4.39 Å². The summed E-state index contributed by atoms with van der Waals surface area (Å²) >= 11 is 0. The van der Waals surface area contributed by atoms with Crippen molar-refractivity contribution in [2.75, 3.05) is 26.7 Å². The average molecular weight is 477 g/mol. The second-order valence-corrected chi connectivity index (χ2v) is 9.48. The van der Waals surface area contributed by atoms with E-state index in [0.717, 1.165) is 49.8 Å². The Morgan fingerprint density at radius 1 is 1.06 bits per heavy atom. The summed E-state index contributed by atoms with van der Waals surface area (Å²) in [7, 11) is 1.50. The number of hydrogen-bond donors (Lipinski definition) is 0. The summed E-state index contributed by atoms with van der Waals surface area (Å²) in [6.45, 7) is 5.30. The molecule has 35 heavy (non-hydrogen) atoms. The molecule has 3 aliphatic rings. The van der Waals surface area contributed by atoms with Gasteiger partial charge in [-0.15, -0.1) is 0 Å². The van der Waals surface area contributed by atoms with Crippen molar-refractivity contribution in [3.05, 3.63) is 65.1 Å². The topological polar surface area (TPSA) is 69.0 Å². The first-order valence-electron chi connectivity index (χ1n) is 11.9. The molecule has 6 heterocycles. The molecular formula is C26H26F2N6O. The minimum Gasteiger partial charge on any atom is -0.467 e. The van der Waals surface area contributed by atoms with Gasteiger partial charge in [-0.05, 0) is 62.0 Å². The van der Waals surface area contributed by atoms with Crippen LogP contribution in [-0.2, 0) is 6.54 Å². The van der Waals surface area contributed by atoms with Crippen molar-refractivity contribution >= 4 is 11.2 Å². The molecule has 0 saturated carbocycles. The molecule has 7 rings (SSSR count). The number of nitrogens with zero attached hydrogens (tertiary/aromatic N) is 6. The molecule has 3 aliphatic heterocycles. The number of aromatic nitrogens is 5. The highest BCUT2D eigenvalue weighted by atomic mass is 19.1. The third kappa shape index (κ3) is 3.93. The summed E-state index contributed by atoms with van der Waals surface area (Å²) in [5.41, 5.74) is 3.83. The molecular weight excluding hydrogens is 450 g/mol. The van der Waals surface area contributed by atoms with E-state index in [1.165, 1.54) is 13.2 Å².